The molecule has 0 saturated heterocycles. The Morgan fingerprint density at radius 3 is 1.85 bits per heavy atom. The number of alkyl halides is 3. The van der Waals surface area contributed by atoms with Gasteiger partial charge in [0.15, 0.2) is 0 Å². The minimum absolute atomic E-state index is 0.0856. The molecule has 0 bridgehead atoms. The van der Waals surface area contributed by atoms with Crippen LogP contribution >= 0.6 is 0 Å². The fourth-order valence-electron chi connectivity index (χ4n) is 3.98. The Balaban J connectivity index is 2.23. The van der Waals surface area contributed by atoms with E-state index in [9.17, 15) is 18.0 Å². The number of ketones is 1. The largest absolute Gasteiger partial charge is 0.492 e. The van der Waals surface area contributed by atoms with Crippen LogP contribution in [0.25, 0.3) is 0 Å². The average Bonchev–Trinajstić information content (AvgIpc) is 2.81. The smallest absolute Gasteiger partial charge is 0.449 e. The van der Waals surface area contributed by atoms with Crippen molar-refractivity contribution in [2.24, 2.45) is 0 Å². The fraction of sp³-hybridized carbons (Fsp3) is 0.750. The van der Waals surface area contributed by atoms with E-state index in [0.29, 0.717) is 17.9 Å². The Morgan fingerprint density at radius 2 is 1.29 bits per heavy atom. The average molecular weight is 486 g/mol. The number of hydrogen-bond acceptors (Lipinski definition) is 3. The van der Waals surface area contributed by atoms with E-state index in [4.69, 9.17) is 4.74 Å². The molecule has 196 valence electrons. The van der Waals surface area contributed by atoms with Gasteiger partial charge in [-0.05, 0) is 50.0 Å². The van der Waals surface area contributed by atoms with Crippen LogP contribution in [-0.4, -0.2) is 43.1 Å². The standard InChI is InChI=1S/C28H46F3NO2/c1-3-5-7-8-9-10-11-12-13-14-22-32(21-6-4-2)23-24-34-26-18-15-25(16-19-26)17-20-27(33)28(29,30)31/h15-16,18-19H,3-14,17,20-24H2,1-2H3. The second kappa shape index (κ2) is 18.7. The highest BCUT2D eigenvalue weighted by molar-refractivity contribution is 5.84. The van der Waals surface area contributed by atoms with E-state index in [1.165, 1.54) is 77.0 Å². The first-order valence-corrected chi connectivity index (χ1v) is 13.4. The summed E-state index contributed by atoms with van der Waals surface area (Å²) in [5.74, 6) is -0.970. The van der Waals surface area contributed by atoms with E-state index in [1.807, 2.05) is 0 Å². The Hall–Kier alpha value is -1.56. The highest BCUT2D eigenvalue weighted by Crippen LogP contribution is 2.20. The lowest BCUT2D eigenvalue weighted by atomic mass is 10.1. The summed E-state index contributed by atoms with van der Waals surface area (Å²) in [5, 5.41) is 0. The summed E-state index contributed by atoms with van der Waals surface area (Å²) in [4.78, 5) is 13.5. The van der Waals surface area contributed by atoms with E-state index in [2.05, 4.69) is 18.7 Å². The van der Waals surface area contributed by atoms with Gasteiger partial charge in [-0.3, -0.25) is 9.69 Å². The van der Waals surface area contributed by atoms with Crippen molar-refractivity contribution in [1.82, 2.24) is 4.90 Å². The molecule has 0 aliphatic rings. The third kappa shape index (κ3) is 15.4. The van der Waals surface area contributed by atoms with E-state index in [1.54, 1.807) is 24.3 Å². The third-order valence-electron chi connectivity index (χ3n) is 6.21. The summed E-state index contributed by atoms with van der Waals surface area (Å²) in [5.41, 5.74) is 0.704. The summed E-state index contributed by atoms with van der Waals surface area (Å²) < 4.78 is 42.8. The summed E-state index contributed by atoms with van der Waals surface area (Å²) in [7, 11) is 0. The minimum atomic E-state index is -4.75. The molecule has 0 saturated carbocycles. The van der Waals surface area contributed by atoms with E-state index in [-0.39, 0.29) is 6.42 Å². The number of carbonyl (C=O) groups is 1. The number of rotatable bonds is 21. The second-order valence-electron chi connectivity index (χ2n) is 9.29. The number of unbranched alkanes of at least 4 members (excludes halogenated alkanes) is 10. The van der Waals surface area contributed by atoms with E-state index >= 15 is 0 Å². The Kier molecular flexibility index (Phi) is 16.8. The predicted octanol–water partition coefficient (Wildman–Crippen LogP) is 8.15. The highest BCUT2D eigenvalue weighted by Gasteiger charge is 2.37. The van der Waals surface area contributed by atoms with Crippen molar-refractivity contribution in [3.63, 3.8) is 0 Å². The molecular formula is C28H46F3NO2. The number of carbonyl (C=O) groups excluding carboxylic acids is 1. The van der Waals surface area contributed by atoms with Gasteiger partial charge in [0.25, 0.3) is 0 Å². The van der Waals surface area contributed by atoms with E-state index < -0.39 is 18.4 Å². The van der Waals surface area contributed by atoms with Crippen LogP contribution in [0.1, 0.15) is 103 Å². The number of hydrogen-bond donors (Lipinski definition) is 0. The molecule has 34 heavy (non-hydrogen) atoms. The van der Waals surface area contributed by atoms with E-state index in [0.717, 1.165) is 19.6 Å². The number of nitrogens with zero attached hydrogens (tertiary/aromatic N) is 1. The maximum Gasteiger partial charge on any atom is 0.449 e. The first kappa shape index (κ1) is 30.5. The zero-order chi connectivity index (χ0) is 25.1. The van der Waals surface area contributed by atoms with Crippen LogP contribution in [-0.2, 0) is 11.2 Å². The molecule has 0 radical (unpaired) electrons. The molecule has 0 aromatic heterocycles. The maximum absolute atomic E-state index is 12.3. The Labute approximate surface area is 205 Å². The summed E-state index contributed by atoms with van der Waals surface area (Å²) in [6.07, 6.45) is 10.6. The van der Waals surface area contributed by atoms with Gasteiger partial charge in [-0.15, -0.1) is 0 Å². The molecule has 1 rings (SSSR count). The molecule has 1 aromatic carbocycles. The van der Waals surface area contributed by atoms with Crippen molar-refractivity contribution in [2.75, 3.05) is 26.2 Å². The van der Waals surface area contributed by atoms with Crippen LogP contribution in [0.5, 0.6) is 5.75 Å². The molecule has 0 amide bonds. The molecule has 0 aliphatic heterocycles. The molecule has 6 heteroatoms. The van der Waals surface area contributed by atoms with Crippen LogP contribution < -0.4 is 4.74 Å². The van der Waals surface area contributed by atoms with Gasteiger partial charge in [0.1, 0.15) is 12.4 Å². The van der Waals surface area contributed by atoms with Gasteiger partial charge in [-0.2, -0.15) is 13.2 Å². The van der Waals surface area contributed by atoms with Gasteiger partial charge >= 0.3 is 6.18 Å². The summed E-state index contributed by atoms with van der Waals surface area (Å²) in [6.45, 7) is 8.12. The predicted molar refractivity (Wildman–Crippen MR) is 135 cm³/mol. The number of ether oxygens (including phenoxy) is 1. The van der Waals surface area contributed by atoms with Crippen molar-refractivity contribution in [3.8, 4) is 5.75 Å². The van der Waals surface area contributed by atoms with Crippen molar-refractivity contribution in [2.45, 2.75) is 110 Å². The zero-order valence-electron chi connectivity index (χ0n) is 21.4. The minimum Gasteiger partial charge on any atom is -0.492 e. The lowest BCUT2D eigenvalue weighted by molar-refractivity contribution is -0.171. The number of halogens is 3. The summed E-state index contributed by atoms with van der Waals surface area (Å²) in [6, 6.07) is 7.01. The van der Waals surface area contributed by atoms with Gasteiger partial charge in [-0.25, -0.2) is 0 Å². The second-order valence-corrected chi connectivity index (χ2v) is 9.29. The zero-order valence-corrected chi connectivity index (χ0v) is 21.4. The molecule has 0 fully saturated rings. The molecular weight excluding hydrogens is 439 g/mol. The first-order chi connectivity index (χ1) is 16.4. The topological polar surface area (TPSA) is 29.5 Å². The van der Waals surface area contributed by atoms with Crippen molar-refractivity contribution < 1.29 is 22.7 Å². The summed E-state index contributed by atoms with van der Waals surface area (Å²) >= 11 is 0. The van der Waals surface area contributed by atoms with Crippen molar-refractivity contribution in [3.05, 3.63) is 29.8 Å². The third-order valence-corrected chi connectivity index (χ3v) is 6.21. The van der Waals surface area contributed by atoms with Crippen molar-refractivity contribution >= 4 is 5.78 Å². The monoisotopic (exact) mass is 485 g/mol. The lowest BCUT2D eigenvalue weighted by Gasteiger charge is -2.22. The lowest BCUT2D eigenvalue weighted by Crippen LogP contribution is -2.30. The van der Waals surface area contributed by atoms with Crippen LogP contribution in [0.15, 0.2) is 24.3 Å². The normalized spacial score (nSPS) is 11.8. The van der Waals surface area contributed by atoms with Gasteiger partial charge in [-0.1, -0.05) is 90.2 Å². The van der Waals surface area contributed by atoms with Crippen LogP contribution in [0, 0.1) is 0 Å². The quantitative estimate of drug-likeness (QED) is 0.165. The van der Waals surface area contributed by atoms with Gasteiger partial charge < -0.3 is 4.74 Å². The number of benzene rings is 1. The molecule has 3 nitrogen and oxygen atoms in total. The molecule has 0 unspecified atom stereocenters. The van der Waals surface area contributed by atoms with Crippen LogP contribution in [0.3, 0.4) is 0 Å². The Morgan fingerprint density at radius 1 is 0.765 bits per heavy atom. The maximum atomic E-state index is 12.3. The Bertz CT molecular complexity index is 632. The molecule has 0 heterocycles. The van der Waals surface area contributed by atoms with Gasteiger partial charge in [0.05, 0.1) is 0 Å². The number of Topliss-reactive ketones (excluding diaryl/α,β-unsaturated/α-hetero) is 1. The van der Waals surface area contributed by atoms with Crippen LogP contribution in [0.4, 0.5) is 13.2 Å². The SMILES string of the molecule is CCCCCCCCCCCCN(CCCC)CCOc1ccc(CCC(=O)C(F)(F)F)cc1. The first-order valence-electron chi connectivity index (χ1n) is 13.4. The fourth-order valence-corrected chi connectivity index (χ4v) is 3.98. The molecule has 0 aliphatic carbocycles. The molecule has 1 aromatic rings. The number of aryl methyl sites for hydroxylation is 1. The van der Waals surface area contributed by atoms with Gasteiger partial charge in [0.2, 0.25) is 5.78 Å². The van der Waals surface area contributed by atoms with Gasteiger partial charge in [0, 0.05) is 13.0 Å². The molecule has 0 atom stereocenters. The van der Waals surface area contributed by atoms with Crippen LogP contribution in [0.2, 0.25) is 0 Å². The highest BCUT2D eigenvalue weighted by atomic mass is 19.4. The molecule has 0 N–H and O–H groups in total. The molecule has 0 spiro atoms. The van der Waals surface area contributed by atoms with Crippen molar-refractivity contribution in [1.29, 1.82) is 0 Å².